The monoisotopic (exact) mass is 389 g/mol. The molecular formula is C21H27NO4S. The van der Waals surface area contributed by atoms with Gasteiger partial charge in [0.2, 0.25) is 0 Å². The predicted octanol–water partition coefficient (Wildman–Crippen LogP) is 4.25. The molecule has 6 heteroatoms. The van der Waals surface area contributed by atoms with Crippen LogP contribution in [0.4, 0.5) is 0 Å². The van der Waals surface area contributed by atoms with Gasteiger partial charge in [-0.15, -0.1) is 4.72 Å². The van der Waals surface area contributed by atoms with Crippen LogP contribution in [0.25, 0.3) is 0 Å². The fourth-order valence-corrected chi connectivity index (χ4v) is 3.23. The van der Waals surface area contributed by atoms with Gasteiger partial charge in [0.15, 0.2) is 0 Å². The summed E-state index contributed by atoms with van der Waals surface area (Å²) in [6.45, 7) is 7.84. The number of carbonyl (C=O) groups is 1. The van der Waals surface area contributed by atoms with Gasteiger partial charge in [-0.1, -0.05) is 18.2 Å². The van der Waals surface area contributed by atoms with Gasteiger partial charge in [-0.25, -0.2) is 4.79 Å². The molecule has 2 rings (SSSR count). The molecule has 2 atom stereocenters. The van der Waals surface area contributed by atoms with Crippen LogP contribution in [-0.2, 0) is 22.5 Å². The van der Waals surface area contributed by atoms with Gasteiger partial charge in [0.05, 0.1) is 18.7 Å². The van der Waals surface area contributed by atoms with Crippen molar-refractivity contribution in [3.63, 3.8) is 0 Å². The Morgan fingerprint density at radius 1 is 1.15 bits per heavy atom. The minimum Gasteiger partial charge on any atom is -0.598 e. The Bertz CT molecular complexity index is 773. The SMILES string of the molecule is COC(=O)c1cccc(Oc2cccc(C[C@H](C)N[S@@+]([O-])C(C)(C)C)c2)c1. The molecule has 0 aliphatic rings. The number of rotatable bonds is 7. The van der Waals surface area contributed by atoms with Crippen molar-refractivity contribution in [2.45, 2.75) is 44.9 Å². The van der Waals surface area contributed by atoms with E-state index in [2.05, 4.69) is 4.72 Å². The second-order valence-corrected chi connectivity index (χ2v) is 9.37. The lowest BCUT2D eigenvalue weighted by Crippen LogP contribution is -2.44. The summed E-state index contributed by atoms with van der Waals surface area (Å²) < 4.78 is 25.7. The summed E-state index contributed by atoms with van der Waals surface area (Å²) in [6.07, 6.45) is 0.723. The van der Waals surface area contributed by atoms with Crippen LogP contribution in [0, 0.1) is 0 Å². The fraction of sp³-hybridized carbons (Fsp3) is 0.381. The van der Waals surface area contributed by atoms with Crippen LogP contribution in [0.3, 0.4) is 0 Å². The minimum absolute atomic E-state index is 0.0583. The molecule has 1 N–H and O–H groups in total. The number of carbonyl (C=O) groups excluding carboxylic acids is 1. The maximum absolute atomic E-state index is 12.2. The van der Waals surface area contributed by atoms with E-state index in [9.17, 15) is 9.35 Å². The van der Waals surface area contributed by atoms with Gasteiger partial charge in [0.1, 0.15) is 16.2 Å². The summed E-state index contributed by atoms with van der Waals surface area (Å²) >= 11 is -1.11. The number of benzene rings is 2. The van der Waals surface area contributed by atoms with Gasteiger partial charge < -0.3 is 14.0 Å². The normalized spacial score (nSPS) is 13.7. The topological polar surface area (TPSA) is 70.6 Å². The molecule has 0 unspecified atom stereocenters. The Balaban J connectivity index is 2.04. The molecule has 0 aliphatic heterocycles. The number of esters is 1. The van der Waals surface area contributed by atoms with Gasteiger partial charge in [-0.2, -0.15) is 0 Å². The first-order valence-electron chi connectivity index (χ1n) is 8.82. The highest BCUT2D eigenvalue weighted by atomic mass is 32.2. The highest BCUT2D eigenvalue weighted by molar-refractivity contribution is 7.90. The number of methoxy groups -OCH3 is 1. The van der Waals surface area contributed by atoms with Crippen LogP contribution in [0.2, 0.25) is 0 Å². The van der Waals surface area contributed by atoms with E-state index >= 15 is 0 Å². The summed E-state index contributed by atoms with van der Waals surface area (Å²) in [5.41, 5.74) is 1.51. The molecule has 2 aromatic carbocycles. The van der Waals surface area contributed by atoms with E-state index in [0.29, 0.717) is 17.1 Å². The first-order chi connectivity index (χ1) is 12.7. The van der Waals surface area contributed by atoms with Gasteiger partial charge >= 0.3 is 5.97 Å². The third-order valence-electron chi connectivity index (χ3n) is 3.80. The predicted molar refractivity (Wildman–Crippen MR) is 108 cm³/mol. The number of hydrogen-bond donors (Lipinski definition) is 1. The van der Waals surface area contributed by atoms with Crippen LogP contribution in [0.15, 0.2) is 48.5 Å². The summed E-state index contributed by atoms with van der Waals surface area (Å²) in [6, 6.07) is 14.7. The van der Waals surface area contributed by atoms with Crippen molar-refractivity contribution in [3.05, 3.63) is 59.7 Å². The van der Waals surface area contributed by atoms with Crippen molar-refractivity contribution in [2.24, 2.45) is 0 Å². The third kappa shape index (κ3) is 6.57. The molecule has 0 radical (unpaired) electrons. The molecule has 0 spiro atoms. The number of hydrogen-bond acceptors (Lipinski definition) is 5. The molecular weight excluding hydrogens is 362 g/mol. The van der Waals surface area contributed by atoms with Gasteiger partial charge in [-0.05, 0) is 70.0 Å². The molecule has 0 saturated carbocycles. The lowest BCUT2D eigenvalue weighted by Gasteiger charge is -2.26. The summed E-state index contributed by atoms with van der Waals surface area (Å²) in [5, 5.41) is 0. The molecule has 0 fully saturated rings. The second-order valence-electron chi connectivity index (χ2n) is 7.37. The standard InChI is InChI=1S/C21H27NO4S/c1-15(22-27(24)21(2,3)4)12-16-8-6-10-18(13-16)26-19-11-7-9-17(14-19)20(23)25-5/h6-11,13-15,22H,12H2,1-5H3/t15-,27-/m0/s1. The molecule has 146 valence electrons. The maximum Gasteiger partial charge on any atom is 0.337 e. The highest BCUT2D eigenvalue weighted by Crippen LogP contribution is 2.24. The molecule has 0 aliphatic carbocycles. The summed E-state index contributed by atoms with van der Waals surface area (Å²) in [7, 11) is 1.35. The Kier molecular flexibility index (Phi) is 7.30. The third-order valence-corrected chi connectivity index (χ3v) is 5.52. The second kappa shape index (κ2) is 9.26. The quantitative estimate of drug-likeness (QED) is 0.566. The molecule has 2 aromatic rings. The summed E-state index contributed by atoms with van der Waals surface area (Å²) in [4.78, 5) is 11.6. The van der Waals surface area contributed by atoms with Crippen LogP contribution < -0.4 is 9.46 Å². The van der Waals surface area contributed by atoms with E-state index in [4.69, 9.17) is 9.47 Å². The molecule has 0 aromatic heterocycles. The number of ether oxygens (including phenoxy) is 2. The van der Waals surface area contributed by atoms with Gasteiger partial charge in [-0.3, -0.25) is 0 Å². The first-order valence-corrected chi connectivity index (χ1v) is 9.97. The van der Waals surface area contributed by atoms with Crippen molar-refractivity contribution in [1.82, 2.24) is 4.72 Å². The van der Waals surface area contributed by atoms with Crippen LogP contribution in [0.1, 0.15) is 43.6 Å². The Morgan fingerprint density at radius 3 is 2.41 bits per heavy atom. The van der Waals surface area contributed by atoms with Gasteiger partial charge in [0, 0.05) is 11.4 Å². The smallest absolute Gasteiger partial charge is 0.337 e. The van der Waals surface area contributed by atoms with Crippen LogP contribution >= 0.6 is 0 Å². The number of nitrogens with one attached hydrogen (secondary N) is 1. The zero-order valence-corrected chi connectivity index (χ0v) is 17.3. The first kappa shape index (κ1) is 21.3. The van der Waals surface area contributed by atoms with E-state index in [0.717, 1.165) is 12.0 Å². The Labute approximate surface area is 164 Å². The van der Waals surface area contributed by atoms with E-state index in [-0.39, 0.29) is 10.8 Å². The highest BCUT2D eigenvalue weighted by Gasteiger charge is 2.27. The van der Waals surface area contributed by atoms with E-state index < -0.39 is 17.3 Å². The minimum atomic E-state index is -1.11. The maximum atomic E-state index is 12.2. The zero-order chi connectivity index (χ0) is 20.0. The molecule has 0 saturated heterocycles. The average Bonchev–Trinajstić information content (AvgIpc) is 2.60. The largest absolute Gasteiger partial charge is 0.598 e. The van der Waals surface area contributed by atoms with E-state index in [1.165, 1.54) is 7.11 Å². The van der Waals surface area contributed by atoms with Crippen molar-refractivity contribution in [3.8, 4) is 11.5 Å². The van der Waals surface area contributed by atoms with Crippen LogP contribution in [0.5, 0.6) is 11.5 Å². The lowest BCUT2D eigenvalue weighted by atomic mass is 10.1. The summed E-state index contributed by atoms with van der Waals surface area (Å²) in [5.74, 6) is 0.842. The molecule has 0 amide bonds. The van der Waals surface area contributed by atoms with Crippen LogP contribution in [-0.4, -0.2) is 28.4 Å². The molecule has 27 heavy (non-hydrogen) atoms. The fourth-order valence-electron chi connectivity index (χ4n) is 2.43. The zero-order valence-electron chi connectivity index (χ0n) is 16.4. The molecule has 0 heterocycles. The van der Waals surface area contributed by atoms with Crippen molar-refractivity contribution in [1.29, 1.82) is 0 Å². The van der Waals surface area contributed by atoms with E-state index in [1.807, 2.05) is 52.0 Å². The Morgan fingerprint density at radius 2 is 1.78 bits per heavy atom. The van der Waals surface area contributed by atoms with E-state index in [1.54, 1.807) is 24.3 Å². The Hall–Kier alpha value is -2.02. The lowest BCUT2D eigenvalue weighted by molar-refractivity contribution is 0.0600. The van der Waals surface area contributed by atoms with Crippen molar-refractivity contribution < 1.29 is 18.8 Å². The van der Waals surface area contributed by atoms with Gasteiger partial charge in [0.25, 0.3) is 0 Å². The van der Waals surface area contributed by atoms with Crippen molar-refractivity contribution in [2.75, 3.05) is 7.11 Å². The molecule has 0 bridgehead atoms. The average molecular weight is 390 g/mol. The van der Waals surface area contributed by atoms with Crippen molar-refractivity contribution >= 4 is 17.3 Å². The molecule has 5 nitrogen and oxygen atoms in total.